The van der Waals surface area contributed by atoms with Crippen LogP contribution in [-0.2, 0) is 15.7 Å². The van der Waals surface area contributed by atoms with Gasteiger partial charge in [0.15, 0.2) is 0 Å². The Kier molecular flexibility index (Phi) is 4.18. The summed E-state index contributed by atoms with van der Waals surface area (Å²) in [4.78, 5) is 4.57. The van der Waals surface area contributed by atoms with Gasteiger partial charge in [-0.3, -0.25) is 4.98 Å². The molecule has 0 aromatic carbocycles. The fourth-order valence-corrected chi connectivity index (χ4v) is 2.33. The maximum atomic E-state index is 6.16. The maximum Gasteiger partial charge on any atom is 0.514 e. The van der Waals surface area contributed by atoms with Crippen LogP contribution in [0.2, 0.25) is 5.02 Å². The van der Waals surface area contributed by atoms with Crippen molar-refractivity contribution >= 4 is 24.3 Å². The third-order valence-electron chi connectivity index (χ3n) is 3.89. The van der Waals surface area contributed by atoms with Crippen molar-refractivity contribution in [3.8, 4) is 0 Å². The van der Waals surface area contributed by atoms with Gasteiger partial charge in [-0.25, -0.2) is 0 Å². The van der Waals surface area contributed by atoms with Gasteiger partial charge in [0.2, 0.25) is 0 Å². The van der Waals surface area contributed by atoms with Gasteiger partial charge in [0.1, 0.15) is 0 Å². The summed E-state index contributed by atoms with van der Waals surface area (Å²) in [6, 6.07) is 3.65. The molecule has 20 heavy (non-hydrogen) atoms. The molecule has 6 heteroatoms. The molecule has 2 rings (SSSR count). The highest BCUT2D eigenvalue weighted by molar-refractivity contribution is 6.61. The number of hydrogen-bond acceptors (Lipinski definition) is 4. The van der Waals surface area contributed by atoms with Gasteiger partial charge in [0, 0.05) is 23.2 Å². The molecule has 0 radical (unpaired) electrons. The Hall–Kier alpha value is -0.615. The summed E-state index contributed by atoms with van der Waals surface area (Å²) >= 11 is 6.16. The highest BCUT2D eigenvalue weighted by Gasteiger charge is 2.52. The van der Waals surface area contributed by atoms with Crippen LogP contribution in [0.5, 0.6) is 0 Å². The lowest BCUT2D eigenvalue weighted by molar-refractivity contribution is 0.00578. The van der Waals surface area contributed by atoms with E-state index in [1.807, 2.05) is 40.7 Å². The number of hydrogen-bond donors (Lipinski definition) is 1. The lowest BCUT2D eigenvalue weighted by atomic mass is 9.84. The summed E-state index contributed by atoms with van der Waals surface area (Å²) in [5, 5.41) is 0.625. The molecule has 4 nitrogen and oxygen atoms in total. The zero-order valence-electron chi connectivity index (χ0n) is 12.7. The summed E-state index contributed by atoms with van der Waals surface area (Å²) < 4.78 is 12.0. The van der Waals surface area contributed by atoms with Crippen molar-refractivity contribution in [1.82, 2.24) is 4.98 Å². The number of aromatic nitrogens is 1. The van der Waals surface area contributed by atoms with Crippen LogP contribution in [0.25, 0.3) is 0 Å². The Morgan fingerprint density at radius 3 is 2.30 bits per heavy atom. The molecule has 0 aliphatic carbocycles. The second-order valence-electron chi connectivity index (χ2n) is 6.47. The summed E-state index contributed by atoms with van der Waals surface area (Å²) in [6.45, 7) is 10.00. The topological polar surface area (TPSA) is 57.4 Å². The second-order valence-corrected chi connectivity index (χ2v) is 6.91. The number of rotatable bonds is 3. The summed E-state index contributed by atoms with van der Waals surface area (Å²) in [6.07, 6.45) is 0.674. The van der Waals surface area contributed by atoms with Crippen molar-refractivity contribution in [3.05, 3.63) is 22.8 Å². The standard InChI is InChI=1S/C14H22BClN2O2/c1-9(17)6-11-7-10(16)8-12(18-11)15-19-13(2,3)14(4,5)20-15/h7-9H,6,17H2,1-5H3. The van der Waals surface area contributed by atoms with Gasteiger partial charge in [-0.15, -0.1) is 0 Å². The Morgan fingerprint density at radius 2 is 1.80 bits per heavy atom. The van der Waals surface area contributed by atoms with Gasteiger partial charge in [-0.1, -0.05) is 11.6 Å². The van der Waals surface area contributed by atoms with Crippen LogP contribution in [0.1, 0.15) is 40.3 Å². The molecule has 0 spiro atoms. The molecule has 2 heterocycles. The van der Waals surface area contributed by atoms with Gasteiger partial charge < -0.3 is 15.0 Å². The lowest BCUT2D eigenvalue weighted by Gasteiger charge is -2.32. The quantitative estimate of drug-likeness (QED) is 0.866. The average Bonchev–Trinajstić information content (AvgIpc) is 2.46. The molecule has 0 bridgehead atoms. The molecule has 1 aromatic rings. The van der Waals surface area contributed by atoms with E-state index in [4.69, 9.17) is 26.6 Å². The molecule has 1 unspecified atom stereocenters. The first-order chi connectivity index (χ1) is 9.10. The smallest absolute Gasteiger partial charge is 0.398 e. The van der Waals surface area contributed by atoms with Crippen molar-refractivity contribution in [1.29, 1.82) is 0 Å². The molecule has 1 aliphatic heterocycles. The van der Waals surface area contributed by atoms with Crippen LogP contribution in [0.4, 0.5) is 0 Å². The predicted octanol–water partition coefficient (Wildman–Crippen LogP) is 1.92. The van der Waals surface area contributed by atoms with Crippen molar-refractivity contribution in [3.63, 3.8) is 0 Å². The van der Waals surface area contributed by atoms with E-state index in [1.54, 1.807) is 6.07 Å². The Balaban J connectivity index is 2.28. The van der Waals surface area contributed by atoms with E-state index in [9.17, 15) is 0 Å². The van der Waals surface area contributed by atoms with Crippen LogP contribution in [-0.4, -0.2) is 29.3 Å². The van der Waals surface area contributed by atoms with E-state index in [1.165, 1.54) is 0 Å². The first kappa shape index (κ1) is 15.8. The number of pyridine rings is 1. The van der Waals surface area contributed by atoms with Crippen LogP contribution in [0.3, 0.4) is 0 Å². The Bertz CT molecular complexity index is 490. The zero-order chi connectivity index (χ0) is 15.1. The normalized spacial score (nSPS) is 22.1. The largest absolute Gasteiger partial charge is 0.514 e. The average molecular weight is 297 g/mol. The van der Waals surface area contributed by atoms with Gasteiger partial charge in [-0.2, -0.15) is 0 Å². The number of halogens is 1. The summed E-state index contributed by atoms with van der Waals surface area (Å²) in [7, 11) is -0.495. The highest BCUT2D eigenvalue weighted by Crippen LogP contribution is 2.36. The van der Waals surface area contributed by atoms with Crippen molar-refractivity contribution in [2.24, 2.45) is 5.73 Å². The van der Waals surface area contributed by atoms with Crippen molar-refractivity contribution in [2.75, 3.05) is 0 Å². The van der Waals surface area contributed by atoms with E-state index in [0.717, 1.165) is 5.69 Å². The molecule has 2 N–H and O–H groups in total. The van der Waals surface area contributed by atoms with Gasteiger partial charge >= 0.3 is 7.12 Å². The molecule has 110 valence electrons. The molecule has 1 aliphatic rings. The first-order valence-corrected chi connectivity index (χ1v) is 7.26. The molecule has 0 saturated carbocycles. The highest BCUT2D eigenvalue weighted by atomic mass is 35.5. The number of nitrogens with two attached hydrogens (primary N) is 1. The molecule has 1 aromatic heterocycles. The van der Waals surface area contributed by atoms with Crippen LogP contribution in [0, 0.1) is 0 Å². The van der Waals surface area contributed by atoms with Gasteiger partial charge in [0.25, 0.3) is 0 Å². The lowest BCUT2D eigenvalue weighted by Crippen LogP contribution is -2.41. The SMILES string of the molecule is CC(N)Cc1cc(Cl)cc(B2OC(C)(C)C(C)(C)O2)n1. The minimum absolute atomic E-state index is 0.0344. The molecule has 1 saturated heterocycles. The zero-order valence-corrected chi connectivity index (χ0v) is 13.5. The molecular weight excluding hydrogens is 274 g/mol. The minimum atomic E-state index is -0.495. The van der Waals surface area contributed by atoms with Crippen LogP contribution < -0.4 is 11.3 Å². The first-order valence-electron chi connectivity index (χ1n) is 6.88. The van der Waals surface area contributed by atoms with Crippen LogP contribution >= 0.6 is 11.6 Å². The Morgan fingerprint density at radius 1 is 1.25 bits per heavy atom. The third kappa shape index (κ3) is 3.17. The molecular formula is C14H22BClN2O2. The maximum absolute atomic E-state index is 6.16. The fourth-order valence-electron chi connectivity index (χ4n) is 2.09. The third-order valence-corrected chi connectivity index (χ3v) is 4.11. The minimum Gasteiger partial charge on any atom is -0.398 e. The fraction of sp³-hybridized carbons (Fsp3) is 0.643. The molecule has 1 atom stereocenters. The predicted molar refractivity (Wildman–Crippen MR) is 82.3 cm³/mol. The van der Waals surface area contributed by atoms with E-state index in [2.05, 4.69) is 4.98 Å². The van der Waals surface area contributed by atoms with Crippen LogP contribution in [0.15, 0.2) is 12.1 Å². The van der Waals surface area contributed by atoms with E-state index in [-0.39, 0.29) is 17.2 Å². The van der Waals surface area contributed by atoms with Gasteiger partial charge in [0.05, 0.1) is 16.8 Å². The van der Waals surface area contributed by atoms with E-state index in [0.29, 0.717) is 17.0 Å². The van der Waals surface area contributed by atoms with E-state index >= 15 is 0 Å². The second kappa shape index (κ2) is 5.30. The monoisotopic (exact) mass is 296 g/mol. The van der Waals surface area contributed by atoms with E-state index < -0.39 is 7.12 Å². The summed E-state index contributed by atoms with van der Waals surface area (Å²) in [5.74, 6) is 0. The molecule has 0 amide bonds. The number of nitrogens with zero attached hydrogens (tertiary/aromatic N) is 1. The van der Waals surface area contributed by atoms with Crippen molar-refractivity contribution < 1.29 is 9.31 Å². The van der Waals surface area contributed by atoms with Crippen molar-refractivity contribution in [2.45, 2.75) is 58.3 Å². The Labute approximate surface area is 126 Å². The summed E-state index contributed by atoms with van der Waals surface area (Å²) in [5.41, 5.74) is 6.61. The van der Waals surface area contributed by atoms with Gasteiger partial charge in [-0.05, 0) is 46.8 Å². The molecule has 1 fully saturated rings.